The maximum absolute atomic E-state index is 12.5. The monoisotopic (exact) mass is 231 g/mol. The summed E-state index contributed by atoms with van der Waals surface area (Å²) in [4.78, 5) is 21.4. The number of rotatable bonds is 2. The van der Waals surface area contributed by atoms with Gasteiger partial charge < -0.3 is 5.73 Å². The van der Waals surface area contributed by atoms with Crippen molar-refractivity contribution in [3.8, 4) is 0 Å². The first-order valence-corrected chi connectivity index (χ1v) is 4.24. The summed E-state index contributed by atoms with van der Waals surface area (Å²) in [6.07, 6.45) is -4.41. The standard InChI is InChI=1S/C10H8F3NO2/c1-5-2-7(9(14)16)8(10(11,12)13)3-6(5)4-15/h2-4H,1H3,(H2,14,16). The van der Waals surface area contributed by atoms with Crippen molar-refractivity contribution in [3.63, 3.8) is 0 Å². The van der Waals surface area contributed by atoms with E-state index < -0.39 is 23.2 Å². The zero-order valence-corrected chi connectivity index (χ0v) is 8.26. The van der Waals surface area contributed by atoms with Gasteiger partial charge in [0.25, 0.3) is 0 Å². The average Bonchev–Trinajstić information content (AvgIpc) is 2.15. The summed E-state index contributed by atoms with van der Waals surface area (Å²) >= 11 is 0. The van der Waals surface area contributed by atoms with Gasteiger partial charge in [0.05, 0.1) is 11.1 Å². The van der Waals surface area contributed by atoms with Crippen molar-refractivity contribution in [2.75, 3.05) is 0 Å². The van der Waals surface area contributed by atoms with Crippen molar-refractivity contribution < 1.29 is 22.8 Å². The van der Waals surface area contributed by atoms with Crippen LogP contribution in [0.1, 0.15) is 31.8 Å². The molecule has 0 aliphatic heterocycles. The van der Waals surface area contributed by atoms with Gasteiger partial charge in [0, 0.05) is 5.56 Å². The first kappa shape index (κ1) is 12.2. The molecule has 16 heavy (non-hydrogen) atoms. The second-order valence-corrected chi connectivity index (χ2v) is 3.23. The lowest BCUT2D eigenvalue weighted by Gasteiger charge is -2.12. The van der Waals surface area contributed by atoms with Crippen molar-refractivity contribution in [2.45, 2.75) is 13.1 Å². The highest BCUT2D eigenvalue weighted by Gasteiger charge is 2.35. The van der Waals surface area contributed by atoms with Crippen LogP contribution in [0.5, 0.6) is 0 Å². The summed E-state index contributed by atoms with van der Waals surface area (Å²) < 4.78 is 37.6. The highest BCUT2D eigenvalue weighted by Crippen LogP contribution is 2.33. The molecule has 86 valence electrons. The van der Waals surface area contributed by atoms with Gasteiger partial charge in [0.1, 0.15) is 6.29 Å². The lowest BCUT2D eigenvalue weighted by molar-refractivity contribution is -0.137. The van der Waals surface area contributed by atoms with Gasteiger partial charge in [-0.25, -0.2) is 0 Å². The van der Waals surface area contributed by atoms with Crippen molar-refractivity contribution >= 4 is 12.2 Å². The predicted molar refractivity (Wildman–Crippen MR) is 50.1 cm³/mol. The van der Waals surface area contributed by atoms with Crippen LogP contribution >= 0.6 is 0 Å². The van der Waals surface area contributed by atoms with E-state index in [1.165, 1.54) is 6.92 Å². The summed E-state index contributed by atoms with van der Waals surface area (Å²) in [5.41, 5.74) is 3.19. The smallest absolute Gasteiger partial charge is 0.366 e. The molecule has 0 spiro atoms. The molecule has 0 unspecified atom stereocenters. The van der Waals surface area contributed by atoms with Gasteiger partial charge in [-0.15, -0.1) is 0 Å². The third-order valence-corrected chi connectivity index (χ3v) is 2.10. The van der Waals surface area contributed by atoms with Crippen LogP contribution in [0.4, 0.5) is 13.2 Å². The molecule has 1 amide bonds. The zero-order chi connectivity index (χ0) is 12.5. The van der Waals surface area contributed by atoms with Gasteiger partial charge in [-0.05, 0) is 24.6 Å². The third-order valence-electron chi connectivity index (χ3n) is 2.10. The number of amides is 1. The molecule has 0 saturated heterocycles. The Morgan fingerprint density at radius 1 is 1.38 bits per heavy atom. The molecule has 2 N–H and O–H groups in total. The summed E-state index contributed by atoms with van der Waals surface area (Å²) in [6, 6.07) is 1.59. The molecular weight excluding hydrogens is 223 g/mol. The molecule has 0 radical (unpaired) electrons. The van der Waals surface area contributed by atoms with Crippen LogP contribution in [0.3, 0.4) is 0 Å². The number of hydrogen-bond acceptors (Lipinski definition) is 2. The number of primary amides is 1. The Balaban J connectivity index is 3.55. The number of aryl methyl sites for hydroxylation is 1. The molecule has 0 aliphatic carbocycles. The molecule has 1 rings (SSSR count). The van der Waals surface area contributed by atoms with Gasteiger partial charge in [-0.2, -0.15) is 13.2 Å². The van der Waals surface area contributed by atoms with Gasteiger partial charge in [-0.3, -0.25) is 9.59 Å². The molecule has 3 nitrogen and oxygen atoms in total. The van der Waals surface area contributed by atoms with Gasteiger partial charge in [0.15, 0.2) is 0 Å². The van der Waals surface area contributed by atoms with Gasteiger partial charge in [-0.1, -0.05) is 0 Å². The van der Waals surface area contributed by atoms with E-state index in [2.05, 4.69) is 0 Å². The lowest BCUT2D eigenvalue weighted by atomic mass is 9.99. The molecule has 0 aromatic heterocycles. The predicted octanol–water partition coefficient (Wildman–Crippen LogP) is 1.93. The largest absolute Gasteiger partial charge is 0.417 e. The molecule has 0 bridgehead atoms. The number of nitrogens with two attached hydrogens (primary N) is 1. The van der Waals surface area contributed by atoms with Crippen LogP contribution in [0.25, 0.3) is 0 Å². The second kappa shape index (κ2) is 3.96. The Morgan fingerprint density at radius 2 is 1.94 bits per heavy atom. The van der Waals surface area contributed by atoms with Crippen LogP contribution in [0.15, 0.2) is 12.1 Å². The number of carbonyl (C=O) groups excluding carboxylic acids is 2. The highest BCUT2D eigenvalue weighted by atomic mass is 19.4. The van der Waals surface area contributed by atoms with Crippen LogP contribution in [-0.4, -0.2) is 12.2 Å². The maximum atomic E-state index is 12.5. The Kier molecular flexibility index (Phi) is 3.02. The van der Waals surface area contributed by atoms with E-state index in [1.54, 1.807) is 0 Å². The summed E-state index contributed by atoms with van der Waals surface area (Å²) in [5, 5.41) is 0. The molecular formula is C10H8F3NO2. The molecule has 0 fully saturated rings. The number of aldehydes is 1. The number of halogens is 3. The molecule has 0 saturated carbocycles. The van der Waals surface area contributed by atoms with Crippen molar-refractivity contribution in [2.24, 2.45) is 5.73 Å². The van der Waals surface area contributed by atoms with E-state index in [4.69, 9.17) is 5.73 Å². The van der Waals surface area contributed by atoms with Crippen molar-refractivity contribution in [3.05, 3.63) is 34.4 Å². The number of alkyl halides is 3. The van der Waals surface area contributed by atoms with E-state index in [0.717, 1.165) is 6.07 Å². The lowest BCUT2D eigenvalue weighted by Crippen LogP contribution is -2.19. The highest BCUT2D eigenvalue weighted by molar-refractivity contribution is 5.96. The summed E-state index contributed by atoms with van der Waals surface area (Å²) in [5.74, 6) is -1.17. The van der Waals surface area contributed by atoms with E-state index in [1.807, 2.05) is 0 Å². The Labute approximate surface area is 89.1 Å². The first-order valence-electron chi connectivity index (χ1n) is 4.24. The molecule has 0 aliphatic rings. The minimum absolute atomic E-state index is 0.114. The first-order chi connectivity index (χ1) is 7.27. The minimum atomic E-state index is -4.71. The van der Waals surface area contributed by atoms with Crippen molar-refractivity contribution in [1.82, 2.24) is 0 Å². The van der Waals surface area contributed by atoms with Crippen LogP contribution in [-0.2, 0) is 6.18 Å². The van der Waals surface area contributed by atoms with E-state index in [-0.39, 0.29) is 11.1 Å². The van der Waals surface area contributed by atoms with Gasteiger partial charge in [0.2, 0.25) is 5.91 Å². The fraction of sp³-hybridized carbons (Fsp3) is 0.200. The topological polar surface area (TPSA) is 60.2 Å². The fourth-order valence-electron chi connectivity index (χ4n) is 1.29. The Hall–Kier alpha value is -1.85. The molecule has 1 aromatic carbocycles. The summed E-state index contributed by atoms with van der Waals surface area (Å²) in [6.45, 7) is 1.43. The molecule has 6 heteroatoms. The summed E-state index contributed by atoms with van der Waals surface area (Å²) in [7, 11) is 0. The zero-order valence-electron chi connectivity index (χ0n) is 8.26. The molecule has 1 aromatic rings. The molecule has 0 heterocycles. The van der Waals surface area contributed by atoms with E-state index in [9.17, 15) is 22.8 Å². The van der Waals surface area contributed by atoms with E-state index >= 15 is 0 Å². The Bertz CT molecular complexity index is 452. The maximum Gasteiger partial charge on any atom is 0.417 e. The third kappa shape index (κ3) is 2.21. The Morgan fingerprint density at radius 3 is 2.31 bits per heavy atom. The average molecular weight is 231 g/mol. The van der Waals surface area contributed by atoms with Crippen molar-refractivity contribution in [1.29, 1.82) is 0 Å². The van der Waals surface area contributed by atoms with E-state index in [0.29, 0.717) is 12.4 Å². The second-order valence-electron chi connectivity index (χ2n) is 3.23. The fourth-order valence-corrected chi connectivity index (χ4v) is 1.29. The normalized spacial score (nSPS) is 11.2. The van der Waals surface area contributed by atoms with Gasteiger partial charge >= 0.3 is 6.18 Å². The minimum Gasteiger partial charge on any atom is -0.366 e. The SMILES string of the molecule is Cc1cc(C(N)=O)c(C(F)(F)F)cc1C=O. The number of carbonyl (C=O) groups is 2. The quantitative estimate of drug-likeness (QED) is 0.790. The van der Waals surface area contributed by atoms with Crippen LogP contribution < -0.4 is 5.73 Å². The number of benzene rings is 1. The van der Waals surface area contributed by atoms with Crippen LogP contribution in [0.2, 0.25) is 0 Å². The van der Waals surface area contributed by atoms with Crippen LogP contribution in [0, 0.1) is 6.92 Å². The molecule has 0 atom stereocenters. The number of hydrogen-bond donors (Lipinski definition) is 1.